The zero-order valence-electron chi connectivity index (χ0n) is 15.0. The van der Waals surface area contributed by atoms with Gasteiger partial charge in [-0.1, -0.05) is 0 Å². The van der Waals surface area contributed by atoms with Crippen molar-refractivity contribution < 1.29 is 14.3 Å². The van der Waals surface area contributed by atoms with Crippen molar-refractivity contribution in [3.8, 4) is 11.5 Å². The molecule has 0 radical (unpaired) electrons. The zero-order chi connectivity index (χ0) is 18.1. The Morgan fingerprint density at radius 3 is 2.85 bits per heavy atom. The number of hydrogen-bond donors (Lipinski definition) is 1. The summed E-state index contributed by atoms with van der Waals surface area (Å²) in [5, 5.41) is 5.12. The lowest BCUT2D eigenvalue weighted by molar-refractivity contribution is 0.0533. The minimum atomic E-state index is -0.0852. The molecule has 7 heteroatoms. The Kier molecular flexibility index (Phi) is 4.74. The molecule has 138 valence electrons. The number of thiophene rings is 1. The van der Waals surface area contributed by atoms with E-state index < -0.39 is 0 Å². The number of urea groups is 1. The number of fused-ring (bicyclic) bond motifs is 1. The second-order valence-corrected chi connectivity index (χ2v) is 7.65. The van der Waals surface area contributed by atoms with Crippen molar-refractivity contribution in [3.05, 3.63) is 40.1 Å². The van der Waals surface area contributed by atoms with E-state index in [4.69, 9.17) is 9.47 Å². The Hall–Kier alpha value is -2.25. The molecule has 1 N–H and O–H groups in total. The summed E-state index contributed by atoms with van der Waals surface area (Å²) in [6, 6.07) is 7.97. The van der Waals surface area contributed by atoms with E-state index >= 15 is 0 Å². The number of anilines is 1. The fraction of sp³-hybridized carbons (Fsp3) is 0.421. The third-order valence-corrected chi connectivity index (χ3v) is 6.18. The first kappa shape index (κ1) is 17.2. The van der Waals surface area contributed by atoms with Crippen molar-refractivity contribution in [2.45, 2.75) is 19.0 Å². The van der Waals surface area contributed by atoms with Gasteiger partial charge in [0.25, 0.3) is 0 Å². The van der Waals surface area contributed by atoms with Gasteiger partial charge in [-0.05, 0) is 35.6 Å². The molecule has 2 aliphatic rings. The summed E-state index contributed by atoms with van der Waals surface area (Å²) in [5.41, 5.74) is 2.11. The van der Waals surface area contributed by atoms with Gasteiger partial charge < -0.3 is 19.7 Å². The average Bonchev–Trinajstić information content (AvgIpc) is 3.08. The SMILES string of the molecule is COc1ccc(NC(=O)N2CC(N3CCc4sccc4C3)C2)c(OC)c1. The lowest BCUT2D eigenvalue weighted by Gasteiger charge is -2.46. The van der Waals surface area contributed by atoms with E-state index in [1.807, 2.05) is 22.3 Å². The first-order valence-corrected chi connectivity index (χ1v) is 9.63. The highest BCUT2D eigenvalue weighted by molar-refractivity contribution is 7.10. The van der Waals surface area contributed by atoms with Crippen molar-refractivity contribution in [1.29, 1.82) is 0 Å². The van der Waals surface area contributed by atoms with Crippen LogP contribution in [-0.4, -0.2) is 55.7 Å². The highest BCUT2D eigenvalue weighted by atomic mass is 32.1. The van der Waals surface area contributed by atoms with Crippen LogP contribution in [0.4, 0.5) is 10.5 Å². The number of nitrogens with one attached hydrogen (secondary N) is 1. The van der Waals surface area contributed by atoms with Crippen LogP contribution in [0.1, 0.15) is 10.4 Å². The van der Waals surface area contributed by atoms with Gasteiger partial charge in [-0.3, -0.25) is 4.90 Å². The molecule has 1 saturated heterocycles. The maximum atomic E-state index is 12.5. The van der Waals surface area contributed by atoms with E-state index in [1.165, 1.54) is 10.4 Å². The van der Waals surface area contributed by atoms with Crippen molar-refractivity contribution in [1.82, 2.24) is 9.80 Å². The monoisotopic (exact) mass is 373 g/mol. The Labute approximate surface area is 157 Å². The van der Waals surface area contributed by atoms with E-state index in [-0.39, 0.29) is 6.03 Å². The topological polar surface area (TPSA) is 54.0 Å². The number of hydrogen-bond acceptors (Lipinski definition) is 5. The predicted molar refractivity (Wildman–Crippen MR) is 102 cm³/mol. The Morgan fingerprint density at radius 2 is 2.08 bits per heavy atom. The second kappa shape index (κ2) is 7.17. The summed E-state index contributed by atoms with van der Waals surface area (Å²) in [5.74, 6) is 1.29. The molecule has 0 aliphatic carbocycles. The van der Waals surface area contributed by atoms with Gasteiger partial charge in [-0.2, -0.15) is 0 Å². The van der Waals surface area contributed by atoms with Crippen LogP contribution in [0.3, 0.4) is 0 Å². The lowest BCUT2D eigenvalue weighted by Crippen LogP contribution is -2.62. The van der Waals surface area contributed by atoms with Crippen LogP contribution in [0.25, 0.3) is 0 Å². The molecule has 2 amide bonds. The van der Waals surface area contributed by atoms with Crippen LogP contribution in [0.2, 0.25) is 0 Å². The van der Waals surface area contributed by atoms with E-state index in [2.05, 4.69) is 21.7 Å². The first-order valence-electron chi connectivity index (χ1n) is 8.75. The molecule has 0 bridgehead atoms. The molecule has 1 aromatic carbocycles. The van der Waals surface area contributed by atoms with E-state index in [1.54, 1.807) is 26.4 Å². The van der Waals surface area contributed by atoms with E-state index in [0.29, 0.717) is 23.2 Å². The Bertz CT molecular complexity index is 801. The minimum absolute atomic E-state index is 0.0852. The average molecular weight is 373 g/mol. The predicted octanol–water partition coefficient (Wildman–Crippen LogP) is 3.04. The summed E-state index contributed by atoms with van der Waals surface area (Å²) in [4.78, 5) is 18.4. The first-order chi connectivity index (χ1) is 12.7. The Morgan fingerprint density at radius 1 is 1.23 bits per heavy atom. The molecule has 3 heterocycles. The molecule has 1 aromatic heterocycles. The van der Waals surface area contributed by atoms with Crippen LogP contribution >= 0.6 is 11.3 Å². The molecule has 0 unspecified atom stereocenters. The van der Waals surface area contributed by atoms with Crippen LogP contribution in [-0.2, 0) is 13.0 Å². The van der Waals surface area contributed by atoms with E-state index in [0.717, 1.165) is 32.6 Å². The number of rotatable bonds is 4. The van der Waals surface area contributed by atoms with Gasteiger partial charge in [-0.25, -0.2) is 4.79 Å². The smallest absolute Gasteiger partial charge is 0.322 e. The fourth-order valence-corrected chi connectivity index (χ4v) is 4.42. The van der Waals surface area contributed by atoms with Gasteiger partial charge in [0.1, 0.15) is 11.5 Å². The van der Waals surface area contributed by atoms with Gasteiger partial charge in [0.05, 0.1) is 19.9 Å². The lowest BCUT2D eigenvalue weighted by atomic mass is 10.0. The van der Waals surface area contributed by atoms with Gasteiger partial charge in [0, 0.05) is 43.2 Å². The molecule has 1 fully saturated rings. The molecule has 0 atom stereocenters. The van der Waals surface area contributed by atoms with Crippen LogP contribution in [0.15, 0.2) is 29.6 Å². The maximum absolute atomic E-state index is 12.5. The quantitative estimate of drug-likeness (QED) is 0.895. The highest BCUT2D eigenvalue weighted by Gasteiger charge is 2.36. The number of benzene rings is 1. The molecule has 4 rings (SSSR count). The van der Waals surface area contributed by atoms with Gasteiger partial charge in [0.15, 0.2) is 0 Å². The standard InChI is InChI=1S/C19H23N3O3S/c1-24-15-3-4-16(17(9-15)25-2)20-19(23)22-11-14(12-22)21-7-5-18-13(10-21)6-8-26-18/h3-4,6,8-9,14H,5,7,10-12H2,1-2H3,(H,20,23). The minimum Gasteiger partial charge on any atom is -0.497 e. The summed E-state index contributed by atoms with van der Waals surface area (Å²) in [6.07, 6.45) is 1.12. The van der Waals surface area contributed by atoms with Crippen LogP contribution in [0.5, 0.6) is 11.5 Å². The number of carbonyl (C=O) groups is 1. The molecule has 2 aliphatic heterocycles. The zero-order valence-corrected chi connectivity index (χ0v) is 15.8. The molecular weight excluding hydrogens is 350 g/mol. The molecule has 0 spiro atoms. The van der Waals surface area contributed by atoms with Crippen LogP contribution in [0, 0.1) is 0 Å². The summed E-state index contributed by atoms with van der Waals surface area (Å²) in [6.45, 7) is 3.62. The fourth-order valence-electron chi connectivity index (χ4n) is 3.53. The highest BCUT2D eigenvalue weighted by Crippen LogP contribution is 2.31. The largest absolute Gasteiger partial charge is 0.497 e. The number of nitrogens with zero attached hydrogens (tertiary/aromatic N) is 2. The summed E-state index contributed by atoms with van der Waals surface area (Å²) in [7, 11) is 3.19. The maximum Gasteiger partial charge on any atom is 0.322 e. The normalized spacial score (nSPS) is 17.4. The van der Waals surface area contributed by atoms with Crippen molar-refractivity contribution in [3.63, 3.8) is 0 Å². The third kappa shape index (κ3) is 3.24. The molecule has 0 saturated carbocycles. The molecule has 6 nitrogen and oxygen atoms in total. The second-order valence-electron chi connectivity index (χ2n) is 6.64. The van der Waals surface area contributed by atoms with Crippen molar-refractivity contribution in [2.24, 2.45) is 0 Å². The summed E-state index contributed by atoms with van der Waals surface area (Å²) >= 11 is 1.86. The number of methoxy groups -OCH3 is 2. The molecular formula is C19H23N3O3S. The number of likely N-dealkylation sites (tertiary alicyclic amines) is 1. The van der Waals surface area contributed by atoms with Gasteiger partial charge in [-0.15, -0.1) is 11.3 Å². The van der Waals surface area contributed by atoms with Gasteiger partial charge >= 0.3 is 6.03 Å². The Balaban J connectivity index is 1.33. The van der Waals surface area contributed by atoms with Crippen molar-refractivity contribution in [2.75, 3.05) is 39.2 Å². The summed E-state index contributed by atoms with van der Waals surface area (Å²) < 4.78 is 10.5. The third-order valence-electron chi connectivity index (χ3n) is 5.15. The number of carbonyl (C=O) groups excluding carboxylic acids is 1. The number of amides is 2. The molecule has 26 heavy (non-hydrogen) atoms. The van der Waals surface area contributed by atoms with Crippen molar-refractivity contribution >= 4 is 23.1 Å². The molecule has 2 aromatic rings. The van der Waals surface area contributed by atoms with Crippen LogP contribution < -0.4 is 14.8 Å². The van der Waals surface area contributed by atoms with Gasteiger partial charge in [0.2, 0.25) is 0 Å². The van der Waals surface area contributed by atoms with E-state index in [9.17, 15) is 4.79 Å². The number of ether oxygens (including phenoxy) is 2.